The Bertz CT molecular complexity index is 1250. The van der Waals surface area contributed by atoms with Crippen LogP contribution in [0.15, 0.2) is 96.1 Å². The first kappa shape index (κ1) is 20.0. The van der Waals surface area contributed by atoms with E-state index in [2.05, 4.69) is 10.5 Å². The van der Waals surface area contributed by atoms with Gasteiger partial charge in [-0.25, -0.2) is 10.2 Å². The molecule has 31 heavy (non-hydrogen) atoms. The molecule has 0 saturated carbocycles. The summed E-state index contributed by atoms with van der Waals surface area (Å²) in [5.41, 5.74) is 5.45. The summed E-state index contributed by atoms with van der Waals surface area (Å²) < 4.78 is 5.38. The van der Waals surface area contributed by atoms with E-state index >= 15 is 0 Å². The molecule has 1 amide bonds. The number of hydrazone groups is 1. The van der Waals surface area contributed by atoms with Crippen molar-refractivity contribution in [1.82, 2.24) is 5.43 Å². The number of fused-ring (bicyclic) bond motifs is 1. The molecule has 152 valence electrons. The summed E-state index contributed by atoms with van der Waals surface area (Å²) in [6.07, 6.45) is 1.54. The molecule has 5 heteroatoms. The number of esters is 1. The Morgan fingerprint density at radius 1 is 0.839 bits per heavy atom. The molecule has 0 aliphatic carbocycles. The fourth-order valence-electron chi connectivity index (χ4n) is 3.13. The molecule has 0 spiro atoms. The third-order valence-electron chi connectivity index (χ3n) is 4.79. The Hall–Kier alpha value is -4.25. The zero-order valence-electron chi connectivity index (χ0n) is 16.9. The van der Waals surface area contributed by atoms with Crippen molar-refractivity contribution in [1.29, 1.82) is 0 Å². The minimum Gasteiger partial charge on any atom is -0.423 e. The summed E-state index contributed by atoms with van der Waals surface area (Å²) in [5.74, 6) is -0.261. The van der Waals surface area contributed by atoms with Gasteiger partial charge < -0.3 is 4.74 Å². The minimum atomic E-state index is -0.413. The number of nitrogens with zero attached hydrogens (tertiary/aromatic N) is 1. The van der Waals surface area contributed by atoms with Crippen molar-refractivity contribution >= 4 is 28.9 Å². The second-order valence-corrected chi connectivity index (χ2v) is 7.05. The number of rotatable bonds is 5. The first-order valence-corrected chi connectivity index (χ1v) is 9.80. The molecule has 0 unspecified atom stereocenters. The number of benzene rings is 4. The van der Waals surface area contributed by atoms with E-state index < -0.39 is 5.97 Å². The lowest BCUT2D eigenvalue weighted by Crippen LogP contribution is -2.17. The van der Waals surface area contributed by atoms with Crippen molar-refractivity contribution in [3.05, 3.63) is 113 Å². The molecule has 0 radical (unpaired) electrons. The second kappa shape index (κ2) is 9.05. The van der Waals surface area contributed by atoms with E-state index in [0.29, 0.717) is 16.9 Å². The highest BCUT2D eigenvalue weighted by molar-refractivity contribution is 6.07. The van der Waals surface area contributed by atoms with Crippen molar-refractivity contribution < 1.29 is 14.3 Å². The van der Waals surface area contributed by atoms with Crippen LogP contribution in [-0.4, -0.2) is 18.1 Å². The van der Waals surface area contributed by atoms with Crippen LogP contribution in [0.25, 0.3) is 10.8 Å². The summed E-state index contributed by atoms with van der Waals surface area (Å²) in [6, 6.07) is 27.3. The molecule has 0 heterocycles. The molecule has 0 aromatic heterocycles. The number of amides is 1. The highest BCUT2D eigenvalue weighted by Crippen LogP contribution is 2.18. The van der Waals surface area contributed by atoms with Gasteiger partial charge in [-0.15, -0.1) is 0 Å². The van der Waals surface area contributed by atoms with Gasteiger partial charge in [0, 0.05) is 5.56 Å². The average Bonchev–Trinajstić information content (AvgIpc) is 2.80. The van der Waals surface area contributed by atoms with Crippen molar-refractivity contribution in [2.75, 3.05) is 0 Å². The molecular formula is C26H20N2O3. The maximum Gasteiger partial charge on any atom is 0.343 e. The average molecular weight is 408 g/mol. The van der Waals surface area contributed by atoms with E-state index in [1.54, 1.807) is 42.5 Å². The topological polar surface area (TPSA) is 67.8 Å². The summed E-state index contributed by atoms with van der Waals surface area (Å²) >= 11 is 0. The van der Waals surface area contributed by atoms with E-state index in [1.165, 1.54) is 6.21 Å². The zero-order valence-corrected chi connectivity index (χ0v) is 16.9. The number of nitrogens with one attached hydrogen (secondary N) is 1. The first-order valence-electron chi connectivity index (χ1n) is 9.80. The van der Waals surface area contributed by atoms with Gasteiger partial charge in [0.1, 0.15) is 5.75 Å². The van der Waals surface area contributed by atoms with Gasteiger partial charge in [-0.3, -0.25) is 4.79 Å². The Morgan fingerprint density at radius 2 is 1.55 bits per heavy atom. The molecule has 0 saturated heterocycles. The maximum absolute atomic E-state index is 12.5. The third kappa shape index (κ3) is 4.85. The van der Waals surface area contributed by atoms with Crippen molar-refractivity contribution in [2.24, 2.45) is 5.10 Å². The van der Waals surface area contributed by atoms with Crippen molar-refractivity contribution in [2.45, 2.75) is 6.92 Å². The molecule has 0 aliphatic rings. The first-order chi connectivity index (χ1) is 15.1. The van der Waals surface area contributed by atoms with Gasteiger partial charge in [0.25, 0.3) is 5.91 Å². The zero-order chi connectivity index (χ0) is 21.6. The van der Waals surface area contributed by atoms with E-state index in [-0.39, 0.29) is 5.91 Å². The lowest BCUT2D eigenvalue weighted by Gasteiger charge is -2.05. The highest BCUT2D eigenvalue weighted by atomic mass is 16.5. The van der Waals surface area contributed by atoms with Crippen molar-refractivity contribution in [3.63, 3.8) is 0 Å². The Labute approximate surface area is 180 Å². The van der Waals surface area contributed by atoms with Gasteiger partial charge >= 0.3 is 5.97 Å². The van der Waals surface area contributed by atoms with E-state index in [4.69, 9.17) is 4.74 Å². The van der Waals surface area contributed by atoms with Crippen LogP contribution in [0.2, 0.25) is 0 Å². The Kier molecular flexibility index (Phi) is 5.85. The van der Waals surface area contributed by atoms with Crippen LogP contribution in [0.1, 0.15) is 31.8 Å². The van der Waals surface area contributed by atoms with Gasteiger partial charge in [-0.05, 0) is 65.7 Å². The highest BCUT2D eigenvalue weighted by Gasteiger charge is 2.09. The van der Waals surface area contributed by atoms with Crippen LogP contribution in [0.3, 0.4) is 0 Å². The number of ether oxygens (including phenoxy) is 1. The Balaban J connectivity index is 1.38. The van der Waals surface area contributed by atoms with Gasteiger partial charge in [-0.1, -0.05) is 54.1 Å². The van der Waals surface area contributed by atoms with Crippen LogP contribution in [0.4, 0.5) is 0 Å². The molecule has 0 atom stereocenters. The van der Waals surface area contributed by atoms with Gasteiger partial charge in [0.2, 0.25) is 0 Å². The molecule has 0 fully saturated rings. The van der Waals surface area contributed by atoms with Gasteiger partial charge in [0.15, 0.2) is 0 Å². The minimum absolute atomic E-state index is 0.281. The number of carbonyl (C=O) groups excluding carboxylic acids is 2. The molecule has 4 rings (SSSR count). The van der Waals surface area contributed by atoms with Crippen LogP contribution < -0.4 is 10.2 Å². The maximum atomic E-state index is 12.5. The standard InChI is InChI=1S/C26H20N2O3/c1-18-9-13-21(14-10-18)26(30)31-22-15-11-19(12-16-22)17-27-28-25(29)24-8-4-6-20-5-2-3-7-23(20)24/h2-17H,1H3,(H,28,29)/b27-17-. The van der Waals surface area contributed by atoms with Crippen LogP contribution in [-0.2, 0) is 0 Å². The lowest BCUT2D eigenvalue weighted by atomic mass is 10.0. The summed E-state index contributed by atoms with van der Waals surface area (Å²) in [5, 5.41) is 5.91. The molecule has 0 aliphatic heterocycles. The third-order valence-corrected chi connectivity index (χ3v) is 4.79. The monoisotopic (exact) mass is 408 g/mol. The fraction of sp³-hybridized carbons (Fsp3) is 0.0385. The molecule has 4 aromatic rings. The second-order valence-electron chi connectivity index (χ2n) is 7.05. The summed E-state index contributed by atoms with van der Waals surface area (Å²) in [4.78, 5) is 24.7. The van der Waals surface area contributed by atoms with Gasteiger partial charge in [-0.2, -0.15) is 5.10 Å². The molecule has 4 aromatic carbocycles. The quantitative estimate of drug-likeness (QED) is 0.215. The SMILES string of the molecule is Cc1ccc(C(=O)Oc2ccc(/C=N\NC(=O)c3cccc4ccccc34)cc2)cc1. The number of hydrogen-bond donors (Lipinski definition) is 1. The Morgan fingerprint density at radius 3 is 2.32 bits per heavy atom. The molecular weight excluding hydrogens is 388 g/mol. The summed E-state index contributed by atoms with van der Waals surface area (Å²) in [7, 11) is 0. The fourth-order valence-corrected chi connectivity index (χ4v) is 3.13. The number of aryl methyl sites for hydroxylation is 1. The predicted octanol–water partition coefficient (Wildman–Crippen LogP) is 5.13. The largest absolute Gasteiger partial charge is 0.423 e. The number of hydrogen-bond acceptors (Lipinski definition) is 4. The lowest BCUT2D eigenvalue weighted by molar-refractivity contribution is 0.0734. The van der Waals surface area contributed by atoms with Crippen LogP contribution in [0, 0.1) is 6.92 Å². The van der Waals surface area contributed by atoms with E-state index in [9.17, 15) is 9.59 Å². The van der Waals surface area contributed by atoms with Gasteiger partial charge in [0.05, 0.1) is 11.8 Å². The molecule has 5 nitrogen and oxygen atoms in total. The van der Waals surface area contributed by atoms with E-state index in [0.717, 1.165) is 21.9 Å². The predicted molar refractivity (Wildman–Crippen MR) is 122 cm³/mol. The smallest absolute Gasteiger partial charge is 0.343 e. The van der Waals surface area contributed by atoms with Crippen LogP contribution >= 0.6 is 0 Å². The summed E-state index contributed by atoms with van der Waals surface area (Å²) in [6.45, 7) is 1.96. The molecule has 0 bridgehead atoms. The van der Waals surface area contributed by atoms with Crippen molar-refractivity contribution in [3.8, 4) is 5.75 Å². The molecule has 1 N–H and O–H groups in total. The number of carbonyl (C=O) groups is 2. The normalized spacial score (nSPS) is 10.9. The van der Waals surface area contributed by atoms with E-state index in [1.807, 2.05) is 55.5 Å². The van der Waals surface area contributed by atoms with Crippen LogP contribution in [0.5, 0.6) is 5.75 Å².